The monoisotopic (exact) mass is 645 g/mol. The summed E-state index contributed by atoms with van der Waals surface area (Å²) in [4.78, 5) is 35.4. The molecule has 45 heavy (non-hydrogen) atoms. The number of halogens is 1. The Labute approximate surface area is 272 Å². The number of rotatable bonds is 12. The Balaban J connectivity index is 1.28. The molecule has 2 aromatic carbocycles. The number of anilines is 1. The van der Waals surface area contributed by atoms with Gasteiger partial charge in [0, 0.05) is 37.2 Å². The lowest BCUT2D eigenvalue weighted by molar-refractivity contribution is -0.118. The van der Waals surface area contributed by atoms with Crippen LogP contribution in [0.4, 0.5) is 10.5 Å². The fourth-order valence-electron chi connectivity index (χ4n) is 5.33. The molecule has 234 valence electrons. The van der Waals surface area contributed by atoms with Gasteiger partial charge in [-0.2, -0.15) is 0 Å². The molecule has 2 aromatic heterocycles. The first-order valence-electron chi connectivity index (χ1n) is 14.8. The average Bonchev–Trinajstić information content (AvgIpc) is 3.08. The molecule has 11 heteroatoms. The number of nitrogens with zero attached hydrogens (tertiary/aromatic N) is 2. The third-order valence-corrected chi connectivity index (χ3v) is 9.06. The van der Waals surface area contributed by atoms with Crippen LogP contribution in [0.25, 0.3) is 0 Å². The summed E-state index contributed by atoms with van der Waals surface area (Å²) in [6.45, 7) is 1.47. The molecule has 1 aliphatic heterocycles. The molecule has 1 saturated heterocycles. The highest BCUT2D eigenvalue weighted by Crippen LogP contribution is 2.30. The van der Waals surface area contributed by atoms with E-state index in [0.717, 1.165) is 40.7 Å². The van der Waals surface area contributed by atoms with Gasteiger partial charge in [-0.3, -0.25) is 9.78 Å². The van der Waals surface area contributed by atoms with E-state index in [1.807, 2.05) is 78.9 Å². The van der Waals surface area contributed by atoms with Crippen molar-refractivity contribution in [3.05, 3.63) is 119 Å². The number of carbonyl (C=O) groups excluding carboxylic acids is 2. The van der Waals surface area contributed by atoms with Crippen molar-refractivity contribution in [2.45, 2.75) is 42.0 Å². The lowest BCUT2D eigenvalue weighted by atomic mass is 9.84. The van der Waals surface area contributed by atoms with E-state index in [1.54, 1.807) is 30.2 Å². The summed E-state index contributed by atoms with van der Waals surface area (Å²) in [6, 6.07) is 25.6. The average molecular weight is 646 g/mol. The first-order chi connectivity index (χ1) is 22.0. The highest BCUT2D eigenvalue weighted by atomic mass is 35.5. The van der Waals surface area contributed by atoms with E-state index in [9.17, 15) is 9.59 Å². The fraction of sp³-hybridized carbons (Fsp3) is 0.294. The summed E-state index contributed by atoms with van der Waals surface area (Å²) in [6.07, 6.45) is 4.03. The number of methoxy groups -OCH3 is 1. The highest BCUT2D eigenvalue weighted by molar-refractivity contribution is 7.99. The quantitative estimate of drug-likeness (QED) is 0.168. The number of benzene rings is 2. The lowest BCUT2D eigenvalue weighted by Gasteiger charge is -2.31. The summed E-state index contributed by atoms with van der Waals surface area (Å²) in [7, 11) is 1.28. The van der Waals surface area contributed by atoms with E-state index in [-0.39, 0.29) is 18.1 Å². The maximum absolute atomic E-state index is 14.0. The summed E-state index contributed by atoms with van der Waals surface area (Å²) in [5.41, 5.74) is 3.08. The number of aryl methyl sites for hydroxylation is 1. The van der Waals surface area contributed by atoms with Crippen molar-refractivity contribution in [2.75, 3.05) is 31.3 Å². The molecule has 9 nitrogen and oxygen atoms in total. The molecule has 5 rings (SSSR count). The van der Waals surface area contributed by atoms with Gasteiger partial charge < -0.3 is 25.4 Å². The third kappa shape index (κ3) is 9.04. The van der Waals surface area contributed by atoms with Crippen LogP contribution in [0.3, 0.4) is 0 Å². The summed E-state index contributed by atoms with van der Waals surface area (Å²) >= 11 is 7.85. The zero-order valence-corrected chi connectivity index (χ0v) is 26.5. The van der Waals surface area contributed by atoms with Crippen molar-refractivity contribution in [1.82, 2.24) is 20.6 Å². The predicted octanol–water partition coefficient (Wildman–Crippen LogP) is 5.71. The normalized spacial score (nSPS) is 17.0. The molecule has 1 aliphatic rings. The first kappa shape index (κ1) is 32.4. The number of amides is 2. The number of hydrogen-bond donors (Lipinski definition) is 3. The Hall–Kier alpha value is -3.96. The molecule has 1 fully saturated rings. The minimum absolute atomic E-state index is 0.00721. The minimum Gasteiger partial charge on any atom is -0.453 e. The predicted molar refractivity (Wildman–Crippen MR) is 177 cm³/mol. The van der Waals surface area contributed by atoms with Crippen molar-refractivity contribution in [3.8, 4) is 0 Å². The second-order valence-corrected chi connectivity index (χ2v) is 12.0. The molecule has 4 aromatic rings. The van der Waals surface area contributed by atoms with Gasteiger partial charge in [-0.1, -0.05) is 72.3 Å². The zero-order chi connectivity index (χ0) is 31.4. The van der Waals surface area contributed by atoms with Crippen LogP contribution < -0.4 is 16.0 Å². The molecule has 0 radical (unpaired) electrons. The van der Waals surface area contributed by atoms with Crippen LogP contribution in [0.5, 0.6) is 0 Å². The van der Waals surface area contributed by atoms with Gasteiger partial charge in [0.2, 0.25) is 5.91 Å². The Morgan fingerprint density at radius 1 is 0.956 bits per heavy atom. The van der Waals surface area contributed by atoms with Crippen LogP contribution >= 0.6 is 23.4 Å². The number of carbonyl (C=O) groups is 2. The number of nitrogens with one attached hydrogen (secondary N) is 3. The zero-order valence-electron chi connectivity index (χ0n) is 24.9. The van der Waals surface area contributed by atoms with Gasteiger partial charge in [0.05, 0.1) is 35.7 Å². The maximum Gasteiger partial charge on any atom is 0.407 e. The van der Waals surface area contributed by atoms with Crippen LogP contribution in [0.1, 0.15) is 29.2 Å². The minimum atomic E-state index is -0.966. The number of aromatic nitrogens is 2. The molecule has 0 bridgehead atoms. The van der Waals surface area contributed by atoms with Crippen molar-refractivity contribution in [3.63, 3.8) is 0 Å². The first-order valence-corrected chi connectivity index (χ1v) is 16.2. The van der Waals surface area contributed by atoms with Crippen LogP contribution in [0, 0.1) is 0 Å². The van der Waals surface area contributed by atoms with Crippen LogP contribution in [-0.2, 0) is 20.7 Å². The van der Waals surface area contributed by atoms with Gasteiger partial charge >= 0.3 is 6.09 Å². The summed E-state index contributed by atoms with van der Waals surface area (Å²) < 4.78 is 11.3. The van der Waals surface area contributed by atoms with Gasteiger partial charge in [0.25, 0.3) is 0 Å². The largest absolute Gasteiger partial charge is 0.453 e. The second-order valence-electron chi connectivity index (χ2n) is 10.6. The third-order valence-electron chi connectivity index (χ3n) is 7.50. The molecule has 0 spiro atoms. The van der Waals surface area contributed by atoms with E-state index >= 15 is 0 Å². The maximum atomic E-state index is 14.0. The van der Waals surface area contributed by atoms with Crippen molar-refractivity contribution < 1.29 is 19.1 Å². The van der Waals surface area contributed by atoms with E-state index in [1.165, 1.54) is 7.11 Å². The lowest BCUT2D eigenvalue weighted by Crippen LogP contribution is -2.48. The SMILES string of the molecule is COC(=O)N[C@H](C(=O)Nc1cccnc1CC[C@@H]1CNC[C@@H](CSc2ncccc2Cl)O1)C(c1ccccc1)c1ccccc1. The van der Waals surface area contributed by atoms with E-state index in [0.29, 0.717) is 23.6 Å². The van der Waals surface area contributed by atoms with Gasteiger partial charge in [-0.25, -0.2) is 9.78 Å². The van der Waals surface area contributed by atoms with Gasteiger partial charge in [0.1, 0.15) is 11.1 Å². The van der Waals surface area contributed by atoms with Crippen molar-refractivity contribution in [1.29, 1.82) is 0 Å². The fourth-order valence-corrected chi connectivity index (χ4v) is 6.50. The highest BCUT2D eigenvalue weighted by Gasteiger charge is 2.33. The number of hydrogen-bond acceptors (Lipinski definition) is 8. The van der Waals surface area contributed by atoms with E-state index in [4.69, 9.17) is 21.1 Å². The Morgan fingerprint density at radius 3 is 2.31 bits per heavy atom. The molecular formula is C34H36ClN5O4S. The number of alkyl carbamates (subject to hydrolysis) is 1. The second kappa shape index (κ2) is 16.4. The molecular weight excluding hydrogens is 610 g/mol. The molecule has 0 saturated carbocycles. The van der Waals surface area contributed by atoms with Crippen molar-refractivity contribution in [2.24, 2.45) is 0 Å². The number of ether oxygens (including phenoxy) is 2. The molecule has 3 N–H and O–H groups in total. The molecule has 0 aliphatic carbocycles. The van der Waals surface area contributed by atoms with Crippen LogP contribution in [0.2, 0.25) is 5.02 Å². The Bertz CT molecular complexity index is 1510. The Morgan fingerprint density at radius 2 is 1.62 bits per heavy atom. The molecule has 3 atom stereocenters. The molecule has 0 unspecified atom stereocenters. The molecule has 2 amide bonds. The van der Waals surface area contributed by atoms with Gasteiger partial charge in [-0.05, 0) is 48.2 Å². The van der Waals surface area contributed by atoms with Gasteiger partial charge in [-0.15, -0.1) is 11.8 Å². The van der Waals surface area contributed by atoms with Crippen molar-refractivity contribution >= 4 is 41.1 Å². The summed E-state index contributed by atoms with van der Waals surface area (Å²) in [5, 5.41) is 10.7. The number of morpholine rings is 1. The number of thioether (sulfide) groups is 1. The summed E-state index contributed by atoms with van der Waals surface area (Å²) in [5.74, 6) is -0.124. The van der Waals surface area contributed by atoms with Crippen LogP contribution in [-0.4, -0.2) is 66.2 Å². The smallest absolute Gasteiger partial charge is 0.407 e. The molecule has 3 heterocycles. The van der Waals surface area contributed by atoms with E-state index in [2.05, 4.69) is 25.9 Å². The van der Waals surface area contributed by atoms with Gasteiger partial charge in [0.15, 0.2) is 0 Å². The van der Waals surface area contributed by atoms with E-state index < -0.39 is 18.1 Å². The standard InChI is InChI=1S/C34H36ClN5O4S/c1-43-34(42)40-31(30(23-10-4-2-5-11-23)24-12-6-3-7-13-24)32(41)39-29-15-9-18-37-28(29)17-16-25-20-36-21-26(44-25)22-45-33-27(35)14-8-19-38-33/h2-15,18-19,25-26,30-31,36H,16-17,20-22H2,1H3,(H,39,41)(H,40,42)/t25-,26+,31+/m1/s1. The topological polar surface area (TPSA) is 114 Å². The number of pyridine rings is 2. The van der Waals surface area contributed by atoms with Crippen LogP contribution in [0.15, 0.2) is 102 Å². The Kier molecular flexibility index (Phi) is 11.8.